The smallest absolute Gasteiger partial charge is 0.320 e. The third kappa shape index (κ3) is 2.51. The number of ketones is 1. The zero-order chi connectivity index (χ0) is 25.4. The number of fused-ring (bicyclic) bond motifs is 2. The number of phenolic OH excluding ortho intramolecular Hbond substituents is 1. The highest BCUT2D eigenvalue weighted by molar-refractivity contribution is 8.05. The zero-order valence-electron chi connectivity index (χ0n) is 19.6. The maximum atomic E-state index is 13.8. The summed E-state index contributed by atoms with van der Waals surface area (Å²) in [6, 6.07) is -1.06. The summed E-state index contributed by atoms with van der Waals surface area (Å²) in [6.07, 6.45) is 6.84. The summed E-state index contributed by atoms with van der Waals surface area (Å²) in [7, 11) is 1.82. The predicted octanol–water partition coefficient (Wildman–Crippen LogP) is 0.452. The lowest BCUT2D eigenvalue weighted by Crippen LogP contribution is -2.57. The van der Waals surface area contributed by atoms with E-state index in [0.29, 0.717) is 40.8 Å². The van der Waals surface area contributed by atoms with Crippen molar-refractivity contribution >= 4 is 58.4 Å². The van der Waals surface area contributed by atoms with Crippen molar-refractivity contribution in [2.24, 2.45) is 17.8 Å². The number of rotatable bonds is 5. The molecule has 2 aromatic rings. The van der Waals surface area contributed by atoms with Gasteiger partial charge in [-0.05, 0) is 12.0 Å². The van der Waals surface area contributed by atoms with Crippen LogP contribution in [0.5, 0.6) is 5.75 Å². The van der Waals surface area contributed by atoms with Gasteiger partial charge in [-0.25, -0.2) is 4.98 Å². The molecule has 1 fully saturated rings. The molecule has 8 rings (SSSR count). The van der Waals surface area contributed by atoms with Gasteiger partial charge in [0.1, 0.15) is 16.8 Å². The molecule has 1 spiro atoms. The number of aryl methyl sites for hydroxylation is 1. The second kappa shape index (κ2) is 6.94. The molecule has 0 amide bonds. The Labute approximate surface area is 218 Å². The highest BCUT2D eigenvalue weighted by Gasteiger charge is 2.63. The topological polar surface area (TPSA) is 146 Å². The van der Waals surface area contributed by atoms with Gasteiger partial charge in [0.2, 0.25) is 5.36 Å². The third-order valence-electron chi connectivity index (χ3n) is 8.20. The van der Waals surface area contributed by atoms with Crippen LogP contribution in [0.15, 0.2) is 37.9 Å². The summed E-state index contributed by atoms with van der Waals surface area (Å²) >= 11 is 3.07. The standard InChI is InChI=1S/C25H20N6O4S2/c1-30-8-28-23(11(30)4-10(26)24(34)35)37-22-19-12(32)5-13-25(22)6-14(36-13)29-18-16(25)20-15-9(2-3-31(19)20)7-27-17(15)21(18)33/h5,7-8,10,14H,2-4,6,26H2,1H3,(H2,27,29,33,34,35)/p+1. The van der Waals surface area contributed by atoms with Crippen LogP contribution in [0, 0.1) is 0 Å². The Kier molecular flexibility index (Phi) is 4.07. The number of phenols is 1. The van der Waals surface area contributed by atoms with E-state index < -0.39 is 17.4 Å². The lowest BCUT2D eigenvalue weighted by Gasteiger charge is -2.41. The van der Waals surface area contributed by atoms with E-state index in [0.717, 1.165) is 37.9 Å². The minimum atomic E-state index is -1.08. The second-order valence-electron chi connectivity index (χ2n) is 10.1. The van der Waals surface area contributed by atoms with Gasteiger partial charge in [-0.1, -0.05) is 11.8 Å². The zero-order valence-corrected chi connectivity index (χ0v) is 21.2. The minimum absolute atomic E-state index is 0.00902. The third-order valence-corrected chi connectivity index (χ3v) is 10.8. The number of imidazole rings is 1. The first-order valence-corrected chi connectivity index (χ1v) is 13.7. The number of hydrogen-bond donors (Lipinski definition) is 4. The second-order valence-corrected chi connectivity index (χ2v) is 12.4. The number of hydrogen-bond acceptors (Lipinski definition) is 9. The quantitative estimate of drug-likeness (QED) is 0.318. The molecule has 3 bridgehead atoms. The van der Waals surface area contributed by atoms with Gasteiger partial charge in [-0.2, -0.15) is 4.58 Å². The molecule has 186 valence electrons. The van der Waals surface area contributed by atoms with Crippen molar-refractivity contribution in [3.63, 3.8) is 0 Å². The first-order chi connectivity index (χ1) is 17.8. The Hall–Kier alpha value is -3.35. The summed E-state index contributed by atoms with van der Waals surface area (Å²) in [5.41, 5.74) is 10.0. The van der Waals surface area contributed by atoms with Crippen LogP contribution in [-0.4, -0.2) is 55.7 Å². The number of nitrogens with two attached hydrogens (primary N) is 1. The monoisotopic (exact) mass is 533 g/mol. The van der Waals surface area contributed by atoms with Crippen LogP contribution in [-0.2, 0) is 28.5 Å². The highest BCUT2D eigenvalue weighted by Crippen LogP contribution is 2.66. The largest absolute Gasteiger partial charge is 0.504 e. The number of nitrogens with zero attached hydrogens (tertiary/aromatic N) is 4. The maximum Gasteiger partial charge on any atom is 0.320 e. The number of aliphatic imine (C=N–C) groups is 1. The molecular weight excluding hydrogens is 512 g/mol. The predicted molar refractivity (Wildman–Crippen MR) is 139 cm³/mol. The molecule has 6 aliphatic rings. The van der Waals surface area contributed by atoms with Crippen LogP contribution in [0.1, 0.15) is 24.1 Å². The number of carbonyl (C=O) groups is 2. The van der Waals surface area contributed by atoms with Crippen molar-refractivity contribution in [3.8, 4) is 5.75 Å². The number of nitrogens with one attached hydrogen (secondary N) is 1. The number of carboxylic acid groups (broad SMARTS) is 1. The van der Waals surface area contributed by atoms with Crippen LogP contribution in [0.3, 0.4) is 0 Å². The Balaban J connectivity index is 1.43. The number of thioether (sulfide) groups is 2. The van der Waals surface area contributed by atoms with Gasteiger partial charge in [0, 0.05) is 37.1 Å². The first kappa shape index (κ1) is 21.7. The van der Waals surface area contributed by atoms with Gasteiger partial charge in [-0.15, -0.1) is 11.8 Å². The molecule has 3 unspecified atom stereocenters. The van der Waals surface area contributed by atoms with Gasteiger partial charge >= 0.3 is 5.97 Å². The molecule has 0 saturated carbocycles. The van der Waals surface area contributed by atoms with Crippen LogP contribution < -0.4 is 26.2 Å². The summed E-state index contributed by atoms with van der Waals surface area (Å²) in [5.74, 6) is -0.962. The molecule has 1 saturated heterocycles. The number of aromatic nitrogens is 2. The number of allylic oxidation sites excluding steroid dienone is 3. The van der Waals surface area contributed by atoms with E-state index in [4.69, 9.17) is 5.73 Å². The minimum Gasteiger partial charge on any atom is -0.504 e. The maximum absolute atomic E-state index is 13.8. The molecular formula is C25H21N6O4S2+. The normalized spacial score (nSPS) is 26.1. The van der Waals surface area contributed by atoms with Crippen molar-refractivity contribution in [1.29, 1.82) is 0 Å². The fourth-order valence-corrected chi connectivity index (χ4v) is 9.54. The van der Waals surface area contributed by atoms with Crippen LogP contribution in [0.25, 0.3) is 5.57 Å². The molecule has 5 aliphatic heterocycles. The molecule has 1 aromatic heterocycles. The lowest BCUT2D eigenvalue weighted by molar-refractivity contribution is -0.138. The molecule has 6 heterocycles. The van der Waals surface area contributed by atoms with Gasteiger partial charge in [0.25, 0.3) is 11.5 Å². The van der Waals surface area contributed by atoms with Crippen molar-refractivity contribution in [1.82, 2.24) is 14.1 Å². The molecule has 1 aliphatic carbocycles. The van der Waals surface area contributed by atoms with E-state index in [2.05, 4.69) is 19.9 Å². The number of carboxylic acids is 1. The molecule has 37 heavy (non-hydrogen) atoms. The summed E-state index contributed by atoms with van der Waals surface area (Å²) in [6.45, 7) is 0.630. The van der Waals surface area contributed by atoms with E-state index in [1.807, 2.05) is 13.3 Å². The first-order valence-electron chi connectivity index (χ1n) is 12.0. The van der Waals surface area contributed by atoms with Gasteiger partial charge < -0.3 is 25.8 Å². The molecule has 0 radical (unpaired) electrons. The fraction of sp³-hybridized carbons (Fsp3) is 0.320. The summed E-state index contributed by atoms with van der Waals surface area (Å²) in [5, 5.41) is 26.9. The average Bonchev–Trinajstić information content (AvgIpc) is 3.52. The summed E-state index contributed by atoms with van der Waals surface area (Å²) in [4.78, 5) is 36.3. The van der Waals surface area contributed by atoms with E-state index in [-0.39, 0.29) is 23.3 Å². The number of anilines is 1. The van der Waals surface area contributed by atoms with Crippen LogP contribution in [0.4, 0.5) is 11.4 Å². The molecule has 1 aromatic carbocycles. The Morgan fingerprint density at radius 3 is 3.14 bits per heavy atom. The van der Waals surface area contributed by atoms with Crippen molar-refractivity contribution in [2.75, 3.05) is 11.9 Å². The Morgan fingerprint density at radius 2 is 2.32 bits per heavy atom. The number of benzene rings is 1. The van der Waals surface area contributed by atoms with Gasteiger partial charge in [0.15, 0.2) is 12.3 Å². The van der Waals surface area contributed by atoms with Crippen LogP contribution in [0.2, 0.25) is 0 Å². The molecule has 10 nitrogen and oxygen atoms in total. The van der Waals surface area contributed by atoms with Gasteiger partial charge in [-0.3, -0.25) is 14.6 Å². The lowest BCUT2D eigenvalue weighted by atomic mass is 9.68. The molecule has 5 N–H and O–H groups in total. The SMILES string of the molecule is Cn1cnc(SC2=C3C(=O)C=C4SC5CC42c2c(c(O)c4c6c2=[N+]3CCC=6C=N4)N5)c1CC(N)C(=O)O. The average molecular weight is 534 g/mol. The number of carbonyl (C=O) groups excluding carboxylic acids is 1. The van der Waals surface area contributed by atoms with E-state index in [9.17, 15) is 19.8 Å². The van der Waals surface area contributed by atoms with E-state index >= 15 is 0 Å². The van der Waals surface area contributed by atoms with Crippen molar-refractivity contribution < 1.29 is 19.8 Å². The Morgan fingerprint density at radius 1 is 1.49 bits per heavy atom. The van der Waals surface area contributed by atoms with Crippen molar-refractivity contribution in [2.45, 2.75) is 41.1 Å². The van der Waals surface area contributed by atoms with Crippen LogP contribution >= 0.6 is 23.5 Å². The number of aliphatic carboxylic acids is 1. The van der Waals surface area contributed by atoms with Gasteiger partial charge in [0.05, 0.1) is 44.2 Å². The fourth-order valence-electron chi connectivity index (χ4n) is 6.58. The Bertz CT molecular complexity index is 1770. The number of aromatic hydroxyl groups is 1. The van der Waals surface area contributed by atoms with E-state index in [1.54, 1.807) is 28.7 Å². The van der Waals surface area contributed by atoms with E-state index in [1.165, 1.54) is 11.8 Å². The highest BCUT2D eigenvalue weighted by atomic mass is 32.2. The summed E-state index contributed by atoms with van der Waals surface area (Å²) < 4.78 is 3.90. The molecule has 3 atom stereocenters. The molecule has 12 heteroatoms. The van der Waals surface area contributed by atoms with Crippen molar-refractivity contribution in [3.05, 3.63) is 49.7 Å².